The predicted molar refractivity (Wildman–Crippen MR) is 122 cm³/mol. The van der Waals surface area contributed by atoms with E-state index in [1.807, 2.05) is 64.1 Å². The average Bonchev–Trinajstić information content (AvgIpc) is 3.03. The molecule has 7 nitrogen and oxygen atoms in total. The molecule has 1 aromatic carbocycles. The van der Waals surface area contributed by atoms with Gasteiger partial charge in [0, 0.05) is 24.2 Å². The quantitative estimate of drug-likeness (QED) is 0.477. The molecule has 1 atom stereocenters. The Bertz CT molecular complexity index is 1010. The molecule has 31 heavy (non-hydrogen) atoms. The van der Waals surface area contributed by atoms with Gasteiger partial charge in [0.1, 0.15) is 11.6 Å². The van der Waals surface area contributed by atoms with E-state index in [2.05, 4.69) is 15.2 Å². The lowest BCUT2D eigenvalue weighted by Gasteiger charge is -2.17. The van der Waals surface area contributed by atoms with Crippen molar-refractivity contribution in [3.8, 4) is 6.07 Å². The Labute approximate surface area is 183 Å². The summed E-state index contributed by atoms with van der Waals surface area (Å²) in [5, 5.41) is 14.8. The van der Waals surface area contributed by atoms with Gasteiger partial charge in [-0.25, -0.2) is 0 Å². The van der Waals surface area contributed by atoms with Crippen LogP contribution in [0.5, 0.6) is 0 Å². The largest absolute Gasteiger partial charge is 0.383 e. The molecule has 2 rings (SSSR count). The van der Waals surface area contributed by atoms with Crippen LogP contribution in [0.1, 0.15) is 42.4 Å². The van der Waals surface area contributed by atoms with Crippen LogP contribution < -0.4 is 10.6 Å². The number of aromatic nitrogens is 1. The van der Waals surface area contributed by atoms with E-state index in [1.165, 1.54) is 0 Å². The van der Waals surface area contributed by atoms with Crippen molar-refractivity contribution in [1.29, 1.82) is 5.26 Å². The molecule has 0 bridgehead atoms. The minimum absolute atomic E-state index is 0.0543. The Morgan fingerprint density at radius 2 is 2.00 bits per heavy atom. The summed E-state index contributed by atoms with van der Waals surface area (Å²) in [6, 6.07) is 11.5. The molecular formula is C24H30N4O3. The molecule has 0 aliphatic heterocycles. The number of methoxy groups -OCH3 is 1. The highest BCUT2D eigenvalue weighted by molar-refractivity contribution is 6.04. The van der Waals surface area contributed by atoms with Gasteiger partial charge in [0.25, 0.3) is 5.91 Å². The Hall–Kier alpha value is -3.37. The number of carbonyl (C=O) groups excluding carboxylic acids is 2. The van der Waals surface area contributed by atoms with E-state index in [1.54, 1.807) is 13.2 Å². The molecular weight excluding hydrogens is 392 g/mol. The number of benzene rings is 1. The van der Waals surface area contributed by atoms with E-state index in [-0.39, 0.29) is 24.1 Å². The van der Waals surface area contributed by atoms with Crippen molar-refractivity contribution in [3.05, 3.63) is 58.4 Å². The third-order valence-electron chi connectivity index (χ3n) is 5.12. The first kappa shape index (κ1) is 23.9. The van der Waals surface area contributed by atoms with Crippen molar-refractivity contribution in [2.75, 3.05) is 25.6 Å². The van der Waals surface area contributed by atoms with E-state index < -0.39 is 5.91 Å². The number of carbonyl (C=O) groups is 2. The molecule has 164 valence electrons. The standard InChI is InChI=1S/C24H30N4O3/c1-6-19-9-7-8-10-22(19)27-23(29)14-26-24(30)21(13-25)12-20-11-16(2)28(18(20)4)17(3)15-31-5/h7-12,17H,6,14-15H2,1-5H3,(H,26,30)(H,27,29)/b21-12+. The number of hydrogen-bond acceptors (Lipinski definition) is 4. The van der Waals surface area contributed by atoms with E-state index in [0.29, 0.717) is 6.61 Å². The Balaban J connectivity index is 2.09. The predicted octanol–water partition coefficient (Wildman–Crippen LogP) is 3.54. The summed E-state index contributed by atoms with van der Waals surface area (Å²) in [7, 11) is 1.65. The summed E-state index contributed by atoms with van der Waals surface area (Å²) in [4.78, 5) is 24.7. The van der Waals surface area contributed by atoms with Gasteiger partial charge in [-0.1, -0.05) is 25.1 Å². The van der Waals surface area contributed by atoms with Gasteiger partial charge in [0.2, 0.25) is 5.91 Å². The van der Waals surface area contributed by atoms with Crippen LogP contribution in [0.3, 0.4) is 0 Å². The Morgan fingerprint density at radius 1 is 1.29 bits per heavy atom. The van der Waals surface area contributed by atoms with Gasteiger partial charge in [-0.2, -0.15) is 5.26 Å². The minimum atomic E-state index is -0.587. The number of nitriles is 1. The molecule has 2 N–H and O–H groups in total. The zero-order valence-corrected chi connectivity index (χ0v) is 18.8. The molecule has 0 saturated carbocycles. The highest BCUT2D eigenvalue weighted by Gasteiger charge is 2.16. The van der Waals surface area contributed by atoms with Gasteiger partial charge in [-0.3, -0.25) is 9.59 Å². The molecule has 1 unspecified atom stereocenters. The molecule has 7 heteroatoms. The fourth-order valence-corrected chi connectivity index (χ4v) is 3.65. The average molecular weight is 423 g/mol. The second kappa shape index (κ2) is 11.1. The molecule has 2 amide bonds. The Kier molecular flexibility index (Phi) is 8.59. The van der Waals surface area contributed by atoms with Crippen LogP contribution >= 0.6 is 0 Å². The first-order valence-electron chi connectivity index (χ1n) is 10.3. The van der Waals surface area contributed by atoms with Crippen molar-refractivity contribution < 1.29 is 14.3 Å². The van der Waals surface area contributed by atoms with E-state index >= 15 is 0 Å². The van der Waals surface area contributed by atoms with Crippen molar-refractivity contribution in [2.45, 2.75) is 40.2 Å². The third-order valence-corrected chi connectivity index (χ3v) is 5.12. The number of rotatable bonds is 9. The number of nitrogens with one attached hydrogen (secondary N) is 2. The van der Waals surface area contributed by atoms with Crippen LogP contribution in [-0.2, 0) is 20.7 Å². The lowest BCUT2D eigenvalue weighted by molar-refractivity contribution is -0.121. The maximum atomic E-state index is 12.5. The third kappa shape index (κ3) is 6.06. The van der Waals surface area contributed by atoms with Gasteiger partial charge in [-0.05, 0) is 56.5 Å². The fourth-order valence-electron chi connectivity index (χ4n) is 3.65. The summed E-state index contributed by atoms with van der Waals surface area (Å²) in [5.41, 5.74) is 4.42. The maximum absolute atomic E-state index is 12.5. The zero-order valence-electron chi connectivity index (χ0n) is 18.8. The van der Waals surface area contributed by atoms with Crippen LogP contribution in [0.2, 0.25) is 0 Å². The summed E-state index contributed by atoms with van der Waals surface area (Å²) < 4.78 is 7.35. The highest BCUT2D eigenvalue weighted by Crippen LogP contribution is 2.23. The second-order valence-electron chi connectivity index (χ2n) is 7.41. The number of ether oxygens (including phenoxy) is 1. The van der Waals surface area contributed by atoms with Crippen molar-refractivity contribution >= 4 is 23.6 Å². The number of hydrogen-bond donors (Lipinski definition) is 2. The molecule has 0 aliphatic rings. The van der Waals surface area contributed by atoms with Crippen LogP contribution in [0, 0.1) is 25.2 Å². The smallest absolute Gasteiger partial charge is 0.262 e. The topological polar surface area (TPSA) is 96.2 Å². The maximum Gasteiger partial charge on any atom is 0.262 e. The molecule has 0 fully saturated rings. The lowest BCUT2D eigenvalue weighted by atomic mass is 10.1. The number of para-hydroxylation sites is 1. The summed E-state index contributed by atoms with van der Waals surface area (Å²) >= 11 is 0. The minimum Gasteiger partial charge on any atom is -0.383 e. The SMILES string of the molecule is CCc1ccccc1NC(=O)CNC(=O)/C(C#N)=C/c1cc(C)n(C(C)COC)c1C. The number of nitrogens with zero attached hydrogens (tertiary/aromatic N) is 2. The van der Waals surface area contributed by atoms with Gasteiger partial charge in [0.15, 0.2) is 0 Å². The molecule has 0 radical (unpaired) electrons. The number of amides is 2. The summed E-state index contributed by atoms with van der Waals surface area (Å²) in [5.74, 6) is -0.936. The van der Waals surface area contributed by atoms with E-state index in [4.69, 9.17) is 4.74 Å². The summed E-state index contributed by atoms with van der Waals surface area (Å²) in [6.07, 6.45) is 2.34. The van der Waals surface area contributed by atoms with E-state index in [9.17, 15) is 14.9 Å². The number of aryl methyl sites for hydroxylation is 2. The van der Waals surface area contributed by atoms with Crippen molar-refractivity contribution in [1.82, 2.24) is 9.88 Å². The fraction of sp³-hybridized carbons (Fsp3) is 0.375. The number of anilines is 1. The molecule has 2 aromatic rings. The Morgan fingerprint density at radius 3 is 2.65 bits per heavy atom. The monoisotopic (exact) mass is 422 g/mol. The normalized spacial score (nSPS) is 12.2. The highest BCUT2D eigenvalue weighted by atomic mass is 16.5. The first-order chi connectivity index (χ1) is 14.8. The van der Waals surface area contributed by atoms with Gasteiger partial charge in [-0.15, -0.1) is 0 Å². The molecule has 1 heterocycles. The van der Waals surface area contributed by atoms with Gasteiger partial charge < -0.3 is 19.9 Å². The molecule has 1 aromatic heterocycles. The van der Waals surface area contributed by atoms with Crippen molar-refractivity contribution in [2.24, 2.45) is 0 Å². The molecule has 0 saturated heterocycles. The van der Waals surface area contributed by atoms with Gasteiger partial charge in [0.05, 0.1) is 19.2 Å². The lowest BCUT2D eigenvalue weighted by Crippen LogP contribution is -2.33. The molecule has 0 spiro atoms. The first-order valence-corrected chi connectivity index (χ1v) is 10.3. The van der Waals surface area contributed by atoms with Crippen molar-refractivity contribution in [3.63, 3.8) is 0 Å². The van der Waals surface area contributed by atoms with Crippen LogP contribution in [0.15, 0.2) is 35.9 Å². The van der Waals surface area contributed by atoms with Crippen LogP contribution in [0.25, 0.3) is 6.08 Å². The van der Waals surface area contributed by atoms with Gasteiger partial charge >= 0.3 is 0 Å². The second-order valence-corrected chi connectivity index (χ2v) is 7.41. The van der Waals surface area contributed by atoms with Crippen LogP contribution in [0.4, 0.5) is 5.69 Å². The zero-order chi connectivity index (χ0) is 23.0. The van der Waals surface area contributed by atoms with E-state index in [0.717, 1.165) is 34.6 Å². The summed E-state index contributed by atoms with van der Waals surface area (Å²) in [6.45, 7) is 8.30. The van der Waals surface area contributed by atoms with Crippen LogP contribution in [-0.4, -0.2) is 36.6 Å². The molecule has 0 aliphatic carbocycles.